The molecule has 2 aromatic carbocycles. The van der Waals surface area contributed by atoms with Crippen LogP contribution < -0.4 is 10.0 Å². The quantitative estimate of drug-likeness (QED) is 0.853. The monoisotopic (exact) mass is 366 g/mol. The lowest BCUT2D eigenvalue weighted by Crippen LogP contribution is -2.34. The van der Waals surface area contributed by atoms with Crippen molar-refractivity contribution < 1.29 is 13.2 Å². The van der Waals surface area contributed by atoms with E-state index in [1.54, 1.807) is 12.1 Å². The summed E-state index contributed by atoms with van der Waals surface area (Å²) in [4.78, 5) is 11.3. The van der Waals surface area contributed by atoms with Crippen molar-refractivity contribution in [1.29, 1.82) is 0 Å². The van der Waals surface area contributed by atoms with Gasteiger partial charge in [0.2, 0.25) is 5.91 Å². The first-order chi connectivity index (χ1) is 11.2. The van der Waals surface area contributed by atoms with Crippen LogP contribution in [0.5, 0.6) is 0 Å². The first-order valence-electron chi connectivity index (χ1n) is 7.35. The van der Waals surface area contributed by atoms with E-state index in [1.165, 1.54) is 28.6 Å². The smallest absolute Gasteiger partial charge is 0.264 e. The SMILES string of the molecule is Cc1cc(C)cc(N(CCC(N)=O)S(=O)(=O)c2ccc(Cl)cc2)c1. The topological polar surface area (TPSA) is 80.5 Å². The van der Waals surface area contributed by atoms with E-state index < -0.39 is 15.9 Å². The number of carbonyl (C=O) groups is 1. The third-order valence-corrected chi connectivity index (χ3v) is 5.55. The molecule has 0 atom stereocenters. The Kier molecular flexibility index (Phi) is 5.51. The molecule has 2 aromatic rings. The van der Waals surface area contributed by atoms with Crippen molar-refractivity contribution in [2.45, 2.75) is 25.2 Å². The molecule has 0 aliphatic rings. The number of carbonyl (C=O) groups excluding carboxylic acids is 1. The van der Waals surface area contributed by atoms with Gasteiger partial charge in [0, 0.05) is 18.0 Å². The Balaban J connectivity index is 2.52. The van der Waals surface area contributed by atoms with E-state index in [9.17, 15) is 13.2 Å². The van der Waals surface area contributed by atoms with Gasteiger partial charge in [-0.25, -0.2) is 8.42 Å². The molecule has 2 rings (SSSR count). The fourth-order valence-corrected chi connectivity index (χ4v) is 4.00. The van der Waals surface area contributed by atoms with Crippen LogP contribution in [-0.4, -0.2) is 20.9 Å². The highest BCUT2D eigenvalue weighted by molar-refractivity contribution is 7.92. The number of rotatable bonds is 6. The molecule has 7 heteroatoms. The lowest BCUT2D eigenvalue weighted by Gasteiger charge is -2.25. The van der Waals surface area contributed by atoms with Gasteiger partial charge in [0.1, 0.15) is 0 Å². The minimum Gasteiger partial charge on any atom is -0.370 e. The van der Waals surface area contributed by atoms with E-state index in [4.69, 9.17) is 17.3 Å². The molecule has 0 aliphatic heterocycles. The fourth-order valence-electron chi connectivity index (χ4n) is 2.43. The summed E-state index contributed by atoms with van der Waals surface area (Å²) in [6.07, 6.45) is -0.0696. The van der Waals surface area contributed by atoms with E-state index in [-0.39, 0.29) is 17.9 Å². The maximum Gasteiger partial charge on any atom is 0.264 e. The van der Waals surface area contributed by atoms with E-state index in [2.05, 4.69) is 0 Å². The van der Waals surface area contributed by atoms with Crippen molar-refractivity contribution in [2.75, 3.05) is 10.8 Å². The van der Waals surface area contributed by atoms with Crippen molar-refractivity contribution in [3.05, 3.63) is 58.6 Å². The molecule has 1 amide bonds. The first-order valence-corrected chi connectivity index (χ1v) is 9.17. The number of nitrogens with zero attached hydrogens (tertiary/aromatic N) is 1. The molecule has 0 aliphatic carbocycles. The summed E-state index contributed by atoms with van der Waals surface area (Å²) >= 11 is 5.83. The normalized spacial score (nSPS) is 11.3. The summed E-state index contributed by atoms with van der Waals surface area (Å²) in [5, 5.41) is 0.448. The van der Waals surface area contributed by atoms with Crippen LogP contribution in [0.3, 0.4) is 0 Å². The highest BCUT2D eigenvalue weighted by atomic mass is 35.5. The number of nitrogens with two attached hydrogens (primary N) is 1. The molecule has 0 saturated carbocycles. The third-order valence-electron chi connectivity index (χ3n) is 3.46. The number of hydrogen-bond donors (Lipinski definition) is 1. The van der Waals surface area contributed by atoms with E-state index in [0.29, 0.717) is 10.7 Å². The van der Waals surface area contributed by atoms with Crippen molar-refractivity contribution in [3.63, 3.8) is 0 Å². The van der Waals surface area contributed by atoms with Crippen LogP contribution in [0.4, 0.5) is 5.69 Å². The van der Waals surface area contributed by atoms with Gasteiger partial charge >= 0.3 is 0 Å². The van der Waals surface area contributed by atoms with Crippen LogP contribution >= 0.6 is 11.6 Å². The Morgan fingerprint density at radius 1 is 1.08 bits per heavy atom. The summed E-state index contributed by atoms with van der Waals surface area (Å²) in [6, 6.07) is 11.4. The Morgan fingerprint density at radius 2 is 1.62 bits per heavy atom. The number of hydrogen-bond acceptors (Lipinski definition) is 3. The lowest BCUT2D eigenvalue weighted by atomic mass is 10.1. The minimum absolute atomic E-state index is 0.0246. The summed E-state index contributed by atoms with van der Waals surface area (Å²) < 4.78 is 27.2. The summed E-state index contributed by atoms with van der Waals surface area (Å²) in [5.41, 5.74) is 7.57. The maximum atomic E-state index is 13.0. The summed E-state index contributed by atoms with van der Waals surface area (Å²) in [6.45, 7) is 3.75. The second-order valence-corrected chi connectivity index (χ2v) is 7.89. The van der Waals surface area contributed by atoms with E-state index >= 15 is 0 Å². The Labute approximate surface area is 147 Å². The predicted molar refractivity (Wildman–Crippen MR) is 95.7 cm³/mol. The van der Waals surface area contributed by atoms with E-state index in [0.717, 1.165) is 11.1 Å². The molecule has 5 nitrogen and oxygen atoms in total. The van der Waals surface area contributed by atoms with Gasteiger partial charge in [0.05, 0.1) is 10.6 Å². The standard InChI is InChI=1S/C17H19ClN2O3S/c1-12-9-13(2)11-15(10-12)20(8-7-17(19)21)24(22,23)16-5-3-14(18)4-6-16/h3-6,9-11H,7-8H2,1-2H3,(H2,19,21). The first kappa shape index (κ1) is 18.3. The third kappa shape index (κ3) is 4.27. The van der Waals surface area contributed by atoms with Crippen LogP contribution in [0, 0.1) is 13.8 Å². The number of anilines is 1. The van der Waals surface area contributed by atoms with Gasteiger partial charge < -0.3 is 5.73 Å². The lowest BCUT2D eigenvalue weighted by molar-refractivity contribution is -0.117. The van der Waals surface area contributed by atoms with Crippen molar-refractivity contribution in [2.24, 2.45) is 5.73 Å². The second kappa shape index (κ2) is 7.23. The van der Waals surface area contributed by atoms with Crippen molar-refractivity contribution in [3.8, 4) is 0 Å². The van der Waals surface area contributed by atoms with Crippen LogP contribution in [-0.2, 0) is 14.8 Å². The van der Waals surface area contributed by atoms with Gasteiger partial charge in [0.15, 0.2) is 0 Å². The molecule has 0 unspecified atom stereocenters. The minimum atomic E-state index is -3.83. The van der Waals surface area contributed by atoms with Crippen LogP contribution in [0.25, 0.3) is 0 Å². The number of aryl methyl sites for hydroxylation is 2. The highest BCUT2D eigenvalue weighted by Crippen LogP contribution is 2.26. The fraction of sp³-hybridized carbons (Fsp3) is 0.235. The van der Waals surface area contributed by atoms with Crippen LogP contribution in [0.2, 0.25) is 5.02 Å². The molecule has 0 fully saturated rings. The molecule has 0 bridgehead atoms. The number of primary amides is 1. The highest BCUT2D eigenvalue weighted by Gasteiger charge is 2.25. The molecule has 0 aromatic heterocycles. The number of benzene rings is 2. The van der Waals surface area contributed by atoms with Crippen molar-refractivity contribution >= 4 is 33.2 Å². The average Bonchev–Trinajstić information content (AvgIpc) is 2.46. The summed E-state index contributed by atoms with van der Waals surface area (Å²) in [7, 11) is -3.83. The number of sulfonamides is 1. The Hall–Kier alpha value is -2.05. The number of halogens is 1. The Bertz CT molecular complexity index is 828. The molecule has 0 spiro atoms. The molecule has 0 radical (unpaired) electrons. The van der Waals surface area contributed by atoms with Gasteiger partial charge in [-0.05, 0) is 61.4 Å². The molecule has 0 heterocycles. The molecule has 0 saturated heterocycles. The molecule has 2 N–H and O–H groups in total. The van der Waals surface area contributed by atoms with Crippen molar-refractivity contribution in [1.82, 2.24) is 0 Å². The summed E-state index contributed by atoms with van der Waals surface area (Å²) in [5.74, 6) is -0.560. The van der Waals surface area contributed by atoms with Gasteiger partial charge in [0.25, 0.3) is 10.0 Å². The zero-order chi connectivity index (χ0) is 17.9. The zero-order valence-electron chi connectivity index (χ0n) is 13.5. The van der Waals surface area contributed by atoms with Gasteiger partial charge in [-0.3, -0.25) is 9.10 Å². The Morgan fingerprint density at radius 3 is 2.12 bits per heavy atom. The predicted octanol–water partition coefficient (Wildman–Crippen LogP) is 3.03. The number of amides is 1. The molecular formula is C17H19ClN2O3S. The van der Waals surface area contributed by atoms with Gasteiger partial charge in [-0.15, -0.1) is 0 Å². The van der Waals surface area contributed by atoms with E-state index in [1.807, 2.05) is 19.9 Å². The van der Waals surface area contributed by atoms with Crippen LogP contribution in [0.1, 0.15) is 17.5 Å². The molecule has 24 heavy (non-hydrogen) atoms. The molecule has 128 valence electrons. The van der Waals surface area contributed by atoms with Gasteiger partial charge in [-0.2, -0.15) is 0 Å². The zero-order valence-corrected chi connectivity index (χ0v) is 15.1. The van der Waals surface area contributed by atoms with Crippen LogP contribution in [0.15, 0.2) is 47.4 Å². The maximum absolute atomic E-state index is 13.0. The average molecular weight is 367 g/mol. The van der Waals surface area contributed by atoms with Gasteiger partial charge in [-0.1, -0.05) is 17.7 Å². The second-order valence-electron chi connectivity index (χ2n) is 5.59. The molecular weight excluding hydrogens is 348 g/mol. The largest absolute Gasteiger partial charge is 0.370 e.